The first kappa shape index (κ1) is 13.5. The Morgan fingerprint density at radius 3 is 2.58 bits per heavy atom. The van der Waals surface area contributed by atoms with Gasteiger partial charge in [0.1, 0.15) is 4.90 Å². The molecule has 2 aromatic rings. The largest absolute Gasteiger partial charge is 0.280 e. The molecule has 0 fully saturated rings. The second-order valence-corrected chi connectivity index (χ2v) is 6.89. The molecule has 0 aromatic carbocycles. The summed E-state index contributed by atoms with van der Waals surface area (Å²) in [6.45, 7) is 6.04. The number of rotatable bonds is 3. The molecule has 2 rings (SSSR count). The lowest BCUT2D eigenvalue weighted by Crippen LogP contribution is -2.13. The second kappa shape index (κ2) is 4.65. The van der Waals surface area contributed by atoms with Gasteiger partial charge in [-0.15, -0.1) is 0 Å². The molecule has 0 saturated carbocycles. The molecule has 2 aromatic heterocycles. The van der Waals surface area contributed by atoms with E-state index in [2.05, 4.69) is 19.9 Å². The molecule has 19 heavy (non-hydrogen) atoms. The number of aromatic nitrogens is 3. The highest BCUT2D eigenvalue weighted by molar-refractivity contribution is 7.92. The molecule has 0 spiro atoms. The van der Waals surface area contributed by atoms with Crippen molar-refractivity contribution in [1.29, 1.82) is 0 Å². The van der Waals surface area contributed by atoms with Crippen LogP contribution in [0.3, 0.4) is 0 Å². The van der Waals surface area contributed by atoms with E-state index >= 15 is 0 Å². The van der Waals surface area contributed by atoms with Gasteiger partial charge in [-0.2, -0.15) is 5.10 Å². The van der Waals surface area contributed by atoms with E-state index in [1.807, 2.05) is 20.8 Å². The van der Waals surface area contributed by atoms with Gasteiger partial charge in [-0.1, -0.05) is 20.8 Å². The third-order valence-corrected chi connectivity index (χ3v) is 3.91. The van der Waals surface area contributed by atoms with Crippen molar-refractivity contribution in [3.8, 4) is 0 Å². The smallest absolute Gasteiger partial charge is 0.264 e. The number of nitrogens with zero attached hydrogens (tertiary/aromatic N) is 2. The molecule has 0 aliphatic heterocycles. The molecular formula is C12H16N4O2S. The minimum absolute atomic E-state index is 0.107. The average molecular weight is 280 g/mol. The maximum absolute atomic E-state index is 12.1. The van der Waals surface area contributed by atoms with E-state index in [1.165, 1.54) is 18.5 Å². The zero-order valence-corrected chi connectivity index (χ0v) is 11.8. The van der Waals surface area contributed by atoms with Gasteiger partial charge in [-0.05, 0) is 12.1 Å². The fourth-order valence-electron chi connectivity index (χ4n) is 1.46. The lowest BCUT2D eigenvalue weighted by Gasteiger charge is -2.14. The highest BCUT2D eigenvalue weighted by Crippen LogP contribution is 2.23. The highest BCUT2D eigenvalue weighted by atomic mass is 32.2. The van der Waals surface area contributed by atoms with Gasteiger partial charge < -0.3 is 0 Å². The zero-order valence-electron chi connectivity index (χ0n) is 11.0. The van der Waals surface area contributed by atoms with Gasteiger partial charge in [0, 0.05) is 29.6 Å². The molecule has 2 heterocycles. The van der Waals surface area contributed by atoms with E-state index in [9.17, 15) is 8.42 Å². The van der Waals surface area contributed by atoms with E-state index in [0.29, 0.717) is 0 Å². The molecule has 7 heteroatoms. The highest BCUT2D eigenvalue weighted by Gasteiger charge is 2.20. The van der Waals surface area contributed by atoms with E-state index in [0.717, 1.165) is 5.69 Å². The lowest BCUT2D eigenvalue weighted by atomic mass is 9.92. The predicted octanol–water partition coefficient (Wildman–Crippen LogP) is 1.90. The van der Waals surface area contributed by atoms with Crippen LogP contribution in [0, 0.1) is 0 Å². The van der Waals surface area contributed by atoms with Gasteiger partial charge in [-0.25, -0.2) is 8.42 Å². The van der Waals surface area contributed by atoms with Gasteiger partial charge in [0.25, 0.3) is 10.0 Å². The standard InChI is InChI=1S/C12H16N4O2S/c1-12(2,3)10-7-11(15-14-10)16-19(17,18)9-5-4-6-13-8-9/h4-8H,1-3H3,(H2,14,15,16). The Hall–Kier alpha value is -1.89. The molecule has 0 aliphatic carbocycles. The first-order chi connectivity index (χ1) is 8.79. The molecule has 102 valence electrons. The number of hydrogen-bond donors (Lipinski definition) is 2. The summed E-state index contributed by atoms with van der Waals surface area (Å²) in [4.78, 5) is 3.90. The molecule has 0 bridgehead atoms. The summed E-state index contributed by atoms with van der Waals surface area (Å²) in [5, 5.41) is 6.78. The molecule has 0 saturated heterocycles. The quantitative estimate of drug-likeness (QED) is 0.899. The van der Waals surface area contributed by atoms with Crippen molar-refractivity contribution in [3.05, 3.63) is 36.3 Å². The Morgan fingerprint density at radius 2 is 2.05 bits per heavy atom. The van der Waals surface area contributed by atoms with Crippen LogP contribution >= 0.6 is 0 Å². The molecule has 0 radical (unpaired) electrons. The third kappa shape index (κ3) is 3.11. The van der Waals surface area contributed by atoms with Crippen LogP contribution in [0.15, 0.2) is 35.5 Å². The van der Waals surface area contributed by atoms with Crippen molar-refractivity contribution in [2.75, 3.05) is 4.72 Å². The maximum atomic E-state index is 12.1. The lowest BCUT2D eigenvalue weighted by molar-refractivity contribution is 0.567. The molecule has 6 nitrogen and oxygen atoms in total. The SMILES string of the molecule is CC(C)(C)c1cc(NS(=O)(=O)c2cccnc2)n[nH]1. The minimum atomic E-state index is -3.64. The minimum Gasteiger partial charge on any atom is -0.280 e. The Morgan fingerprint density at radius 1 is 1.32 bits per heavy atom. The number of anilines is 1. The van der Waals surface area contributed by atoms with Crippen LogP contribution in [-0.4, -0.2) is 23.6 Å². The molecule has 0 amide bonds. The number of nitrogens with one attached hydrogen (secondary N) is 2. The Bertz CT molecular complexity index is 657. The molecule has 0 aliphatic rings. The predicted molar refractivity (Wildman–Crippen MR) is 72.3 cm³/mol. The second-order valence-electron chi connectivity index (χ2n) is 5.21. The fraction of sp³-hybridized carbons (Fsp3) is 0.333. The number of pyridine rings is 1. The van der Waals surface area contributed by atoms with Gasteiger partial charge in [0.05, 0.1) is 0 Å². The number of hydrogen-bond acceptors (Lipinski definition) is 4. The van der Waals surface area contributed by atoms with Crippen LogP contribution in [0.25, 0.3) is 0 Å². The van der Waals surface area contributed by atoms with Crippen LogP contribution in [0.4, 0.5) is 5.82 Å². The first-order valence-electron chi connectivity index (χ1n) is 5.78. The summed E-state index contributed by atoms with van der Waals surface area (Å²) in [5.74, 6) is 0.272. The Balaban J connectivity index is 2.25. The van der Waals surface area contributed by atoms with Crippen molar-refractivity contribution >= 4 is 15.8 Å². The summed E-state index contributed by atoms with van der Waals surface area (Å²) < 4.78 is 26.5. The first-order valence-corrected chi connectivity index (χ1v) is 7.26. The summed E-state index contributed by atoms with van der Waals surface area (Å²) in [6, 6.07) is 4.74. The van der Waals surface area contributed by atoms with Crippen LogP contribution in [0.5, 0.6) is 0 Å². The van der Waals surface area contributed by atoms with E-state index in [4.69, 9.17) is 0 Å². The van der Waals surface area contributed by atoms with Crippen molar-refractivity contribution < 1.29 is 8.42 Å². The van der Waals surface area contributed by atoms with Gasteiger partial charge >= 0.3 is 0 Å². The molecule has 0 unspecified atom stereocenters. The van der Waals surface area contributed by atoms with Crippen LogP contribution in [-0.2, 0) is 15.4 Å². The van der Waals surface area contributed by atoms with Gasteiger partial charge in [0.15, 0.2) is 5.82 Å². The van der Waals surface area contributed by atoms with Crippen LogP contribution in [0.1, 0.15) is 26.5 Å². The molecular weight excluding hydrogens is 264 g/mol. The number of aromatic amines is 1. The molecule has 0 atom stereocenters. The summed E-state index contributed by atoms with van der Waals surface area (Å²) in [7, 11) is -3.64. The van der Waals surface area contributed by atoms with Gasteiger partial charge in [-0.3, -0.25) is 14.8 Å². The van der Waals surface area contributed by atoms with Gasteiger partial charge in [0.2, 0.25) is 0 Å². The van der Waals surface area contributed by atoms with E-state index < -0.39 is 10.0 Å². The summed E-state index contributed by atoms with van der Waals surface area (Å²) >= 11 is 0. The van der Waals surface area contributed by atoms with E-state index in [1.54, 1.807) is 12.1 Å². The fourth-order valence-corrected chi connectivity index (χ4v) is 2.42. The number of H-pyrrole nitrogens is 1. The topological polar surface area (TPSA) is 87.7 Å². The normalized spacial score (nSPS) is 12.4. The van der Waals surface area contributed by atoms with Crippen molar-refractivity contribution in [2.45, 2.75) is 31.1 Å². The maximum Gasteiger partial charge on any atom is 0.264 e. The number of sulfonamides is 1. The van der Waals surface area contributed by atoms with Crippen molar-refractivity contribution in [3.63, 3.8) is 0 Å². The van der Waals surface area contributed by atoms with E-state index in [-0.39, 0.29) is 16.1 Å². The average Bonchev–Trinajstić information content (AvgIpc) is 2.78. The third-order valence-electron chi connectivity index (χ3n) is 2.57. The zero-order chi connectivity index (χ0) is 14.1. The van der Waals surface area contributed by atoms with Crippen molar-refractivity contribution in [2.24, 2.45) is 0 Å². The summed E-state index contributed by atoms with van der Waals surface area (Å²) in [5.41, 5.74) is 0.738. The molecule has 2 N–H and O–H groups in total. The van der Waals surface area contributed by atoms with Crippen LogP contribution < -0.4 is 4.72 Å². The Kier molecular flexibility index (Phi) is 3.32. The van der Waals surface area contributed by atoms with Crippen LogP contribution in [0.2, 0.25) is 0 Å². The summed E-state index contributed by atoms with van der Waals surface area (Å²) in [6.07, 6.45) is 2.81. The Labute approximate surface area is 112 Å². The monoisotopic (exact) mass is 280 g/mol. The van der Waals surface area contributed by atoms with Crippen molar-refractivity contribution in [1.82, 2.24) is 15.2 Å².